The number of hydrogen-bond acceptors (Lipinski definition) is 5. The lowest BCUT2D eigenvalue weighted by Gasteiger charge is -2.12. The van der Waals surface area contributed by atoms with E-state index in [1.165, 1.54) is 12.1 Å². The Balaban J connectivity index is 0.00000272. The second-order valence-electron chi connectivity index (χ2n) is 6.76. The Morgan fingerprint density at radius 3 is 2.19 bits per heavy atom. The van der Waals surface area contributed by atoms with Gasteiger partial charge >= 0.3 is 5.13 Å². The van der Waals surface area contributed by atoms with Gasteiger partial charge in [-0.25, -0.2) is 9.88 Å². The van der Waals surface area contributed by atoms with Crippen molar-refractivity contribution in [3.63, 3.8) is 0 Å². The summed E-state index contributed by atoms with van der Waals surface area (Å²) < 4.78 is 2.04. The average Bonchev–Trinajstić information content (AvgIpc) is 3.17. The molecule has 6 nitrogen and oxygen atoms in total. The zero-order valence-electron chi connectivity index (χ0n) is 16.4. The number of aliphatic hydroxyl groups excluding tert-OH is 1. The molecule has 0 saturated carbocycles. The molecule has 0 aliphatic rings. The second kappa shape index (κ2) is 10.3. The largest absolute Gasteiger partial charge is 1.00 e. The first-order valence-electron chi connectivity index (χ1n) is 9.43. The fourth-order valence-electron chi connectivity index (χ4n) is 3.20. The Hall–Kier alpha value is -3.07. The van der Waals surface area contributed by atoms with Gasteiger partial charge in [0.1, 0.15) is 24.0 Å². The molecule has 31 heavy (non-hydrogen) atoms. The molecule has 4 aromatic rings. The Morgan fingerprint density at radius 2 is 1.58 bits per heavy atom. The predicted octanol–water partition coefficient (Wildman–Crippen LogP) is 2.09. The first-order chi connectivity index (χ1) is 14.6. The van der Waals surface area contributed by atoms with Gasteiger partial charge in [-0.05, 0) is 29.8 Å². The zero-order valence-corrected chi connectivity index (χ0v) is 18.8. The van der Waals surface area contributed by atoms with Crippen LogP contribution in [0, 0.1) is 10.1 Å². The molecule has 2 N–H and O–H groups in total. The van der Waals surface area contributed by atoms with E-state index >= 15 is 0 Å². The van der Waals surface area contributed by atoms with Crippen molar-refractivity contribution in [1.82, 2.24) is 0 Å². The number of aromatic nitrogens is 1. The van der Waals surface area contributed by atoms with E-state index in [2.05, 4.69) is 10.7 Å². The summed E-state index contributed by atoms with van der Waals surface area (Å²) >= 11 is 1.56. The molecule has 0 amide bonds. The molecular formula is C23H20BrN3O3S. The summed E-state index contributed by atoms with van der Waals surface area (Å²) in [4.78, 5) is 10.4. The number of aliphatic hydroxyl groups is 1. The summed E-state index contributed by atoms with van der Waals surface area (Å²) in [5.41, 5.74) is 3.62. The summed E-state index contributed by atoms with van der Waals surface area (Å²) in [5.74, 6) is 0. The number of nitro benzene ring substituents is 1. The number of hydrogen-bond donors (Lipinski definition) is 2. The van der Waals surface area contributed by atoms with Crippen LogP contribution >= 0.6 is 11.3 Å². The smallest absolute Gasteiger partial charge is 0.339 e. The highest BCUT2D eigenvalue weighted by Crippen LogP contribution is 2.27. The fraction of sp³-hybridized carbons (Fsp3) is 0.0870. The molecule has 4 rings (SSSR count). The maximum absolute atomic E-state index is 10.9. The SMILES string of the molecule is O=[N+]([O-])c1ccc(C(O)C[n+]2c(-c3ccccc3)csc2Nc2ccccc2)cc1.[Br-]. The van der Waals surface area contributed by atoms with Crippen LogP contribution in [0.3, 0.4) is 0 Å². The van der Waals surface area contributed by atoms with Gasteiger partial charge in [0.25, 0.3) is 5.69 Å². The zero-order chi connectivity index (χ0) is 20.9. The fourth-order valence-corrected chi connectivity index (χ4v) is 4.16. The lowest BCUT2D eigenvalue weighted by atomic mass is 10.1. The molecular weight excluding hydrogens is 478 g/mol. The summed E-state index contributed by atoms with van der Waals surface area (Å²) in [7, 11) is 0. The minimum Gasteiger partial charge on any atom is -1.00 e. The van der Waals surface area contributed by atoms with E-state index in [0.717, 1.165) is 22.1 Å². The molecule has 0 fully saturated rings. The number of nitrogens with one attached hydrogen (secondary N) is 1. The third-order valence-corrected chi connectivity index (χ3v) is 5.64. The molecule has 0 aliphatic heterocycles. The van der Waals surface area contributed by atoms with Crippen molar-refractivity contribution < 1.29 is 31.6 Å². The van der Waals surface area contributed by atoms with Gasteiger partial charge in [-0.2, -0.15) is 0 Å². The van der Waals surface area contributed by atoms with Gasteiger partial charge in [0.2, 0.25) is 0 Å². The molecule has 3 aromatic carbocycles. The third-order valence-electron chi connectivity index (χ3n) is 4.76. The van der Waals surface area contributed by atoms with Gasteiger partial charge in [0, 0.05) is 23.1 Å². The Kier molecular flexibility index (Phi) is 7.51. The van der Waals surface area contributed by atoms with Gasteiger partial charge in [0.05, 0.1) is 4.92 Å². The van der Waals surface area contributed by atoms with Gasteiger partial charge in [-0.3, -0.25) is 10.1 Å². The van der Waals surface area contributed by atoms with Crippen molar-refractivity contribution >= 4 is 27.8 Å². The van der Waals surface area contributed by atoms with E-state index in [4.69, 9.17) is 0 Å². The molecule has 0 radical (unpaired) electrons. The Bertz CT molecular complexity index is 1140. The van der Waals surface area contributed by atoms with Crippen LogP contribution in [-0.4, -0.2) is 10.0 Å². The number of rotatable bonds is 7. The Labute approximate surface area is 194 Å². The number of thiazole rings is 1. The van der Waals surface area contributed by atoms with Crippen LogP contribution in [0.5, 0.6) is 0 Å². The van der Waals surface area contributed by atoms with E-state index in [-0.39, 0.29) is 22.7 Å². The minimum absolute atomic E-state index is 0. The lowest BCUT2D eigenvalue weighted by Crippen LogP contribution is -3.00. The van der Waals surface area contributed by atoms with Crippen LogP contribution in [0.25, 0.3) is 11.3 Å². The standard InChI is InChI=1S/C23H19N3O3S.BrH/c27-22(18-11-13-20(14-12-18)26(28)29)15-25-21(17-7-3-1-4-8-17)16-30-23(25)24-19-9-5-2-6-10-19;/h1-14,16,22,27H,15H2;1H. The molecule has 8 heteroatoms. The molecule has 0 bridgehead atoms. The molecule has 0 spiro atoms. The van der Waals surface area contributed by atoms with Crippen LogP contribution in [-0.2, 0) is 6.54 Å². The van der Waals surface area contributed by atoms with Gasteiger partial charge in [0.15, 0.2) is 0 Å². The summed E-state index contributed by atoms with van der Waals surface area (Å²) in [5, 5.41) is 28.1. The first kappa shape index (κ1) is 22.6. The van der Waals surface area contributed by atoms with E-state index in [0.29, 0.717) is 12.1 Å². The highest BCUT2D eigenvalue weighted by molar-refractivity contribution is 7.13. The van der Waals surface area contributed by atoms with Crippen molar-refractivity contribution in [3.05, 3.63) is 106 Å². The number of anilines is 2. The highest BCUT2D eigenvalue weighted by atomic mass is 79.9. The molecule has 0 aliphatic carbocycles. The topological polar surface area (TPSA) is 79.3 Å². The lowest BCUT2D eigenvalue weighted by molar-refractivity contribution is -0.676. The monoisotopic (exact) mass is 497 g/mol. The summed E-state index contributed by atoms with van der Waals surface area (Å²) in [6, 6.07) is 25.9. The number of nitrogens with zero attached hydrogens (tertiary/aromatic N) is 2. The molecule has 1 atom stereocenters. The van der Waals surface area contributed by atoms with Gasteiger partial charge in [-0.15, -0.1) is 0 Å². The molecule has 0 saturated heterocycles. The van der Waals surface area contributed by atoms with Crippen LogP contribution in [0.2, 0.25) is 0 Å². The minimum atomic E-state index is -0.816. The highest BCUT2D eigenvalue weighted by Gasteiger charge is 2.23. The number of non-ortho nitro benzene ring substituents is 1. The molecule has 158 valence electrons. The number of benzene rings is 3. The molecule has 1 unspecified atom stereocenters. The van der Waals surface area contributed by atoms with Crippen LogP contribution < -0.4 is 26.9 Å². The Morgan fingerprint density at radius 1 is 0.968 bits per heavy atom. The van der Waals surface area contributed by atoms with E-state index in [1.807, 2.05) is 65.2 Å². The summed E-state index contributed by atoms with van der Waals surface area (Å²) in [6.07, 6.45) is -0.816. The van der Waals surface area contributed by atoms with Crippen LogP contribution in [0.1, 0.15) is 11.7 Å². The number of nitro groups is 1. The van der Waals surface area contributed by atoms with Crippen molar-refractivity contribution in [3.8, 4) is 11.3 Å². The first-order valence-corrected chi connectivity index (χ1v) is 10.3. The van der Waals surface area contributed by atoms with Crippen molar-refractivity contribution in [1.29, 1.82) is 0 Å². The maximum atomic E-state index is 10.9. The number of para-hydroxylation sites is 1. The normalized spacial score (nSPS) is 11.4. The summed E-state index contributed by atoms with van der Waals surface area (Å²) in [6.45, 7) is 0.306. The van der Waals surface area contributed by atoms with E-state index in [9.17, 15) is 15.2 Å². The van der Waals surface area contributed by atoms with Crippen molar-refractivity contribution in [2.75, 3.05) is 5.32 Å². The maximum Gasteiger partial charge on any atom is 0.339 e. The quantitative estimate of drug-likeness (QED) is 0.233. The van der Waals surface area contributed by atoms with Crippen LogP contribution in [0.4, 0.5) is 16.5 Å². The molecule has 1 heterocycles. The van der Waals surface area contributed by atoms with E-state index in [1.54, 1.807) is 23.5 Å². The van der Waals surface area contributed by atoms with E-state index < -0.39 is 11.0 Å². The number of halogens is 1. The second-order valence-corrected chi connectivity index (χ2v) is 7.62. The predicted molar refractivity (Wildman–Crippen MR) is 118 cm³/mol. The van der Waals surface area contributed by atoms with Gasteiger partial charge in [-0.1, -0.05) is 59.9 Å². The molecule has 1 aromatic heterocycles. The van der Waals surface area contributed by atoms with Crippen molar-refractivity contribution in [2.24, 2.45) is 0 Å². The average molecular weight is 498 g/mol. The van der Waals surface area contributed by atoms with Crippen molar-refractivity contribution in [2.45, 2.75) is 12.6 Å². The third kappa shape index (κ3) is 5.35. The van der Waals surface area contributed by atoms with Crippen LogP contribution in [0.15, 0.2) is 90.3 Å². The van der Waals surface area contributed by atoms with Gasteiger partial charge < -0.3 is 22.1 Å².